The molecule has 2 N–H and O–H groups in total. The third-order valence-electron chi connectivity index (χ3n) is 3.48. The summed E-state index contributed by atoms with van der Waals surface area (Å²) in [6.45, 7) is 2.33. The zero-order chi connectivity index (χ0) is 14.2. The third kappa shape index (κ3) is 2.16. The van der Waals surface area contributed by atoms with Gasteiger partial charge >= 0.3 is 5.97 Å². The Hall–Kier alpha value is -2.05. The minimum atomic E-state index is -1.01. The monoisotopic (exact) mass is 266 g/mol. The topological polar surface area (TPSA) is 87.5 Å². The number of nitrogens with zero attached hydrogens (tertiary/aromatic N) is 3. The van der Waals surface area contributed by atoms with Gasteiger partial charge < -0.3 is 15.3 Å². The molecule has 1 saturated heterocycles. The first-order valence-corrected chi connectivity index (χ1v) is 6.22. The molecule has 7 heteroatoms. The molecule has 0 radical (unpaired) electrons. The third-order valence-corrected chi connectivity index (χ3v) is 3.48. The van der Waals surface area contributed by atoms with Crippen LogP contribution in [-0.4, -0.2) is 46.4 Å². The predicted octanol–water partition coefficient (Wildman–Crippen LogP) is 0.142. The Morgan fingerprint density at radius 3 is 2.74 bits per heavy atom. The molecule has 1 amide bonds. The quantitative estimate of drug-likeness (QED) is 0.812. The van der Waals surface area contributed by atoms with Gasteiger partial charge in [0.2, 0.25) is 5.91 Å². The summed E-state index contributed by atoms with van der Waals surface area (Å²) in [4.78, 5) is 25.1. The molecular weight excluding hydrogens is 248 g/mol. The second-order valence-corrected chi connectivity index (χ2v) is 4.68. The fourth-order valence-electron chi connectivity index (χ4n) is 2.69. The van der Waals surface area contributed by atoms with Crippen LogP contribution in [0.15, 0.2) is 0 Å². The van der Waals surface area contributed by atoms with Gasteiger partial charge in [0.15, 0.2) is 0 Å². The number of hydrogen-bond donors (Lipinski definition) is 2. The van der Waals surface area contributed by atoms with Crippen LogP contribution in [0.25, 0.3) is 0 Å². The molecule has 1 aromatic rings. The summed E-state index contributed by atoms with van der Waals surface area (Å²) >= 11 is 0. The summed E-state index contributed by atoms with van der Waals surface area (Å²) in [5.41, 5.74) is 0.644. The largest absolute Gasteiger partial charge is 0.477 e. The molecule has 0 bridgehead atoms. The van der Waals surface area contributed by atoms with Gasteiger partial charge in [-0.15, -0.1) is 0 Å². The van der Waals surface area contributed by atoms with E-state index in [4.69, 9.17) is 0 Å². The second kappa shape index (κ2) is 4.91. The zero-order valence-corrected chi connectivity index (χ0v) is 11.3. The van der Waals surface area contributed by atoms with Crippen molar-refractivity contribution in [1.29, 1.82) is 0 Å². The Labute approximate surface area is 111 Å². The van der Waals surface area contributed by atoms with Crippen molar-refractivity contribution in [3.8, 4) is 0 Å². The molecule has 0 saturated carbocycles. The van der Waals surface area contributed by atoms with E-state index >= 15 is 0 Å². The number of likely N-dealkylation sites (N-methyl/N-ethyl adjacent to an activating group) is 1. The van der Waals surface area contributed by atoms with Gasteiger partial charge in [-0.05, 0) is 19.8 Å². The van der Waals surface area contributed by atoms with Crippen LogP contribution in [0.5, 0.6) is 0 Å². The van der Waals surface area contributed by atoms with Crippen LogP contribution in [0.4, 0.5) is 5.82 Å². The molecule has 7 nitrogen and oxygen atoms in total. The normalized spacial score (nSPS) is 18.7. The van der Waals surface area contributed by atoms with E-state index in [1.165, 1.54) is 0 Å². The number of hydrogen-bond acceptors (Lipinski definition) is 4. The lowest BCUT2D eigenvalue weighted by molar-refractivity contribution is -0.121. The van der Waals surface area contributed by atoms with Crippen LogP contribution in [0.3, 0.4) is 0 Å². The highest BCUT2D eigenvalue weighted by Gasteiger charge is 2.35. The summed E-state index contributed by atoms with van der Waals surface area (Å²) in [5.74, 6) is -0.591. The highest BCUT2D eigenvalue weighted by Crippen LogP contribution is 2.30. The predicted molar refractivity (Wildman–Crippen MR) is 69.3 cm³/mol. The maximum absolute atomic E-state index is 11.9. The molecule has 0 spiro atoms. The molecule has 0 aliphatic carbocycles. The molecule has 1 fully saturated rings. The van der Waals surface area contributed by atoms with Crippen molar-refractivity contribution < 1.29 is 14.7 Å². The Bertz CT molecular complexity index is 523. The average Bonchev–Trinajstić information content (AvgIpc) is 2.91. The number of carbonyl (C=O) groups is 2. The van der Waals surface area contributed by atoms with Crippen LogP contribution in [0.1, 0.15) is 28.9 Å². The van der Waals surface area contributed by atoms with Gasteiger partial charge in [0, 0.05) is 20.6 Å². The number of aryl methyl sites for hydroxylation is 2. The number of carboxylic acid groups (broad SMARTS) is 1. The minimum Gasteiger partial charge on any atom is -0.477 e. The van der Waals surface area contributed by atoms with Gasteiger partial charge in [0.1, 0.15) is 17.4 Å². The molecule has 0 aromatic carbocycles. The van der Waals surface area contributed by atoms with Crippen LogP contribution >= 0.6 is 0 Å². The summed E-state index contributed by atoms with van der Waals surface area (Å²) in [6, 6.07) is -0.321. The second-order valence-electron chi connectivity index (χ2n) is 4.68. The van der Waals surface area contributed by atoms with Gasteiger partial charge in [-0.25, -0.2) is 4.79 Å². The Morgan fingerprint density at radius 2 is 2.16 bits per heavy atom. The SMILES string of the molecule is CNC(=O)C1CCCN1c1c(C(=O)O)c(C)nn1C. The van der Waals surface area contributed by atoms with E-state index in [9.17, 15) is 14.7 Å². The molecular formula is C12H18N4O3. The Morgan fingerprint density at radius 1 is 1.47 bits per heavy atom. The lowest BCUT2D eigenvalue weighted by Gasteiger charge is -2.25. The summed E-state index contributed by atoms with van der Waals surface area (Å²) < 4.78 is 1.54. The maximum atomic E-state index is 11.9. The summed E-state index contributed by atoms with van der Waals surface area (Å²) in [7, 11) is 3.29. The Balaban J connectivity index is 2.46. The minimum absolute atomic E-state index is 0.0901. The molecule has 2 rings (SSSR count). The number of anilines is 1. The maximum Gasteiger partial charge on any atom is 0.341 e. The van der Waals surface area contributed by atoms with Crippen molar-refractivity contribution in [2.75, 3.05) is 18.5 Å². The highest BCUT2D eigenvalue weighted by atomic mass is 16.4. The van der Waals surface area contributed by atoms with Gasteiger partial charge in [-0.3, -0.25) is 9.48 Å². The van der Waals surface area contributed by atoms with E-state index in [0.717, 1.165) is 12.8 Å². The van der Waals surface area contributed by atoms with E-state index in [1.54, 1.807) is 25.7 Å². The number of carbonyl (C=O) groups excluding carboxylic acids is 1. The van der Waals surface area contributed by atoms with E-state index in [2.05, 4.69) is 10.4 Å². The smallest absolute Gasteiger partial charge is 0.341 e. The molecule has 1 atom stereocenters. The van der Waals surface area contributed by atoms with Crippen molar-refractivity contribution in [2.24, 2.45) is 7.05 Å². The summed E-state index contributed by atoms with van der Waals surface area (Å²) in [5, 5.41) is 16.1. The molecule has 1 aliphatic rings. The Kier molecular flexibility index (Phi) is 3.46. The first-order valence-electron chi connectivity index (χ1n) is 6.22. The van der Waals surface area contributed by atoms with Crippen molar-refractivity contribution in [3.63, 3.8) is 0 Å². The van der Waals surface area contributed by atoms with E-state index in [1.807, 2.05) is 4.90 Å². The van der Waals surface area contributed by atoms with Gasteiger partial charge in [-0.1, -0.05) is 0 Å². The van der Waals surface area contributed by atoms with Gasteiger partial charge in [-0.2, -0.15) is 5.10 Å². The summed E-state index contributed by atoms with van der Waals surface area (Å²) in [6.07, 6.45) is 1.59. The van der Waals surface area contributed by atoms with E-state index in [0.29, 0.717) is 18.1 Å². The lowest BCUT2D eigenvalue weighted by Crippen LogP contribution is -2.43. The average molecular weight is 266 g/mol. The zero-order valence-electron chi connectivity index (χ0n) is 11.3. The molecule has 1 aromatic heterocycles. The van der Waals surface area contributed by atoms with Crippen molar-refractivity contribution in [3.05, 3.63) is 11.3 Å². The molecule has 104 valence electrons. The molecule has 19 heavy (non-hydrogen) atoms. The van der Waals surface area contributed by atoms with E-state index < -0.39 is 5.97 Å². The van der Waals surface area contributed by atoms with Gasteiger partial charge in [0.25, 0.3) is 0 Å². The fourth-order valence-corrected chi connectivity index (χ4v) is 2.69. The first-order chi connectivity index (χ1) is 8.97. The van der Waals surface area contributed by atoms with E-state index in [-0.39, 0.29) is 17.5 Å². The molecule has 1 unspecified atom stereocenters. The number of aromatic carboxylic acids is 1. The van der Waals surface area contributed by atoms with Crippen molar-refractivity contribution in [1.82, 2.24) is 15.1 Å². The number of carboxylic acids is 1. The molecule has 1 aliphatic heterocycles. The van der Waals surface area contributed by atoms with Crippen molar-refractivity contribution in [2.45, 2.75) is 25.8 Å². The van der Waals surface area contributed by atoms with Crippen LogP contribution in [0.2, 0.25) is 0 Å². The molecule has 2 heterocycles. The first kappa shape index (κ1) is 13.4. The lowest BCUT2D eigenvalue weighted by atomic mass is 10.2. The number of rotatable bonds is 3. The standard InChI is InChI=1S/C12H18N4O3/c1-7-9(12(18)19)11(15(3)14-7)16-6-4-5-8(16)10(17)13-2/h8H,4-6H2,1-3H3,(H,13,17)(H,18,19). The van der Waals surface area contributed by atoms with Gasteiger partial charge in [0.05, 0.1) is 5.69 Å². The fraction of sp³-hybridized carbons (Fsp3) is 0.583. The van der Waals surface area contributed by atoms with Crippen LogP contribution < -0.4 is 10.2 Å². The highest BCUT2D eigenvalue weighted by molar-refractivity contribution is 5.96. The number of amides is 1. The van der Waals surface area contributed by atoms with Crippen LogP contribution in [-0.2, 0) is 11.8 Å². The number of aromatic nitrogens is 2. The van der Waals surface area contributed by atoms with Crippen molar-refractivity contribution >= 4 is 17.7 Å². The van der Waals surface area contributed by atoms with Crippen LogP contribution in [0, 0.1) is 6.92 Å². The number of nitrogens with one attached hydrogen (secondary N) is 1.